The van der Waals surface area contributed by atoms with Crippen LogP contribution in [0.5, 0.6) is 5.75 Å². The maximum Gasteiger partial charge on any atom is 0.435 e. The second kappa shape index (κ2) is 9.08. The van der Waals surface area contributed by atoms with Crippen LogP contribution in [0, 0.1) is 5.82 Å². The second-order valence-corrected chi connectivity index (χ2v) is 10.6. The summed E-state index contributed by atoms with van der Waals surface area (Å²) >= 11 is 0. The van der Waals surface area contributed by atoms with Crippen molar-refractivity contribution in [2.45, 2.75) is 18.5 Å². The van der Waals surface area contributed by atoms with Crippen LogP contribution in [0.3, 0.4) is 0 Å². The minimum absolute atomic E-state index is 0.00978. The molecule has 4 aromatic rings. The Balaban J connectivity index is 2.04. The number of hydrogen-bond donors (Lipinski definition) is 0. The lowest BCUT2D eigenvalue weighted by molar-refractivity contribution is -0.140. The number of benzene rings is 2. The van der Waals surface area contributed by atoms with Crippen molar-refractivity contribution in [1.82, 2.24) is 14.3 Å². The Hall–Kier alpha value is -3.67. The molecule has 12 heteroatoms. The Morgan fingerprint density at radius 3 is 2.31 bits per heavy atom. The number of hydrogen-bond acceptors (Lipinski definition) is 5. The maximum absolute atomic E-state index is 14.0. The van der Waals surface area contributed by atoms with E-state index in [9.17, 15) is 30.8 Å². The van der Waals surface area contributed by atoms with Gasteiger partial charge in [0.15, 0.2) is 21.3 Å². The maximum atomic E-state index is 14.0. The zero-order chi connectivity index (χ0) is 26.4. The number of rotatable bonds is 6. The quantitative estimate of drug-likeness (QED) is 0.355. The van der Waals surface area contributed by atoms with Gasteiger partial charge in [0.2, 0.25) is 0 Å². The Bertz CT molecular complexity index is 1620. The topological polar surface area (TPSA) is 83.2 Å². The number of aryl methyl sites for hydroxylation is 1. The van der Waals surface area contributed by atoms with E-state index >= 15 is 0 Å². The summed E-state index contributed by atoms with van der Waals surface area (Å²) in [5.74, 6) is -1.15. The highest BCUT2D eigenvalue weighted by molar-refractivity contribution is 7.89. The van der Waals surface area contributed by atoms with Gasteiger partial charge in [-0.2, -0.15) is 18.3 Å². The van der Waals surface area contributed by atoms with Gasteiger partial charge in [-0.25, -0.2) is 12.8 Å². The molecule has 2 heterocycles. The van der Waals surface area contributed by atoms with E-state index in [1.165, 1.54) is 67.4 Å². The first-order chi connectivity index (χ1) is 16.8. The number of methoxy groups -OCH3 is 1. The molecule has 0 spiro atoms. The number of nitrogens with zero attached hydrogens (tertiary/aromatic N) is 3. The van der Waals surface area contributed by atoms with Crippen molar-refractivity contribution in [1.29, 1.82) is 0 Å². The van der Waals surface area contributed by atoms with Crippen LogP contribution in [0.4, 0.5) is 17.6 Å². The van der Waals surface area contributed by atoms with Gasteiger partial charge in [0.05, 0.1) is 24.9 Å². The van der Waals surface area contributed by atoms with Crippen molar-refractivity contribution in [3.63, 3.8) is 0 Å². The molecule has 190 valence electrons. The molecule has 0 radical (unpaired) electrons. The van der Waals surface area contributed by atoms with E-state index in [1.807, 2.05) is 0 Å². The normalized spacial score (nSPS) is 12.3. The molecular formula is C24H21F4N3O4S. The molecule has 2 aromatic carbocycles. The third kappa shape index (κ3) is 5.13. The summed E-state index contributed by atoms with van der Waals surface area (Å²) < 4.78 is 87.3. The minimum atomic E-state index is -4.86. The van der Waals surface area contributed by atoms with E-state index in [1.54, 1.807) is 0 Å². The first kappa shape index (κ1) is 25.4. The molecule has 0 atom stereocenters. The Morgan fingerprint density at radius 2 is 1.72 bits per heavy atom. The third-order valence-corrected chi connectivity index (χ3v) is 6.41. The predicted molar refractivity (Wildman–Crippen MR) is 126 cm³/mol. The zero-order valence-corrected chi connectivity index (χ0v) is 20.2. The molecule has 0 saturated heterocycles. The highest BCUT2D eigenvalue weighted by Gasteiger charge is 2.38. The van der Waals surface area contributed by atoms with E-state index < -0.39 is 38.8 Å². The first-order valence-corrected chi connectivity index (χ1v) is 12.6. The summed E-state index contributed by atoms with van der Waals surface area (Å²) in [5, 5.41) is 3.45. The van der Waals surface area contributed by atoms with E-state index in [2.05, 4.69) is 5.10 Å². The highest BCUT2D eigenvalue weighted by atomic mass is 32.2. The number of ether oxygens (including phenoxy) is 1. The summed E-state index contributed by atoms with van der Waals surface area (Å²) in [6, 6.07) is 9.45. The summed E-state index contributed by atoms with van der Waals surface area (Å²) in [4.78, 5) is 12.2. The molecule has 0 fully saturated rings. The molecule has 0 unspecified atom stereocenters. The van der Waals surface area contributed by atoms with Crippen molar-refractivity contribution in [2.24, 2.45) is 7.05 Å². The minimum Gasteiger partial charge on any atom is -0.491 e. The number of fused-ring (bicyclic) bond motifs is 1. The second-order valence-electron chi connectivity index (χ2n) is 8.44. The monoisotopic (exact) mass is 523 g/mol. The molecule has 4 rings (SSSR count). The zero-order valence-electron chi connectivity index (χ0n) is 19.4. The number of alkyl halides is 3. The van der Waals surface area contributed by atoms with Gasteiger partial charge in [-0.1, -0.05) is 12.1 Å². The van der Waals surface area contributed by atoms with Crippen molar-refractivity contribution in [3.05, 3.63) is 81.7 Å². The fourth-order valence-electron chi connectivity index (χ4n) is 4.02. The molecule has 0 aliphatic rings. The predicted octanol–water partition coefficient (Wildman–Crippen LogP) is 4.16. The van der Waals surface area contributed by atoms with Gasteiger partial charge in [0, 0.05) is 30.4 Å². The molecule has 0 bridgehead atoms. The van der Waals surface area contributed by atoms with Crippen molar-refractivity contribution in [3.8, 4) is 16.9 Å². The van der Waals surface area contributed by atoms with Gasteiger partial charge in [-0.15, -0.1) is 0 Å². The largest absolute Gasteiger partial charge is 0.491 e. The molecule has 0 saturated carbocycles. The van der Waals surface area contributed by atoms with Crippen LogP contribution in [-0.4, -0.2) is 36.1 Å². The molecule has 0 aliphatic carbocycles. The fraction of sp³-hybridized carbons (Fsp3) is 0.250. The van der Waals surface area contributed by atoms with Crippen LogP contribution in [0.2, 0.25) is 0 Å². The van der Waals surface area contributed by atoms with Gasteiger partial charge < -0.3 is 9.30 Å². The lowest BCUT2D eigenvalue weighted by atomic mass is 10.00. The Kier molecular flexibility index (Phi) is 6.41. The molecule has 7 nitrogen and oxygen atoms in total. The molecular weight excluding hydrogens is 502 g/mol. The first-order valence-electron chi connectivity index (χ1n) is 10.5. The standard InChI is InChI=1S/C24H21F4N3O4S/c1-30-12-16(10-20(35-2)23(30)32)15-8-17(13-36(3,33)34)21-19(9-15)31(29-22(21)24(26,27)28)11-14-4-6-18(25)7-5-14/h4-10,12H,11,13H2,1-3H3. The van der Waals surface area contributed by atoms with Crippen molar-refractivity contribution < 1.29 is 30.7 Å². The average molecular weight is 524 g/mol. The van der Waals surface area contributed by atoms with Crippen molar-refractivity contribution in [2.75, 3.05) is 13.4 Å². The van der Waals surface area contributed by atoms with Crippen LogP contribution in [0.15, 0.2) is 53.5 Å². The molecule has 0 aliphatic heterocycles. The van der Waals surface area contributed by atoms with E-state index in [-0.39, 0.29) is 28.8 Å². The molecule has 0 N–H and O–H groups in total. The summed E-state index contributed by atoms with van der Waals surface area (Å²) in [6.45, 7) is -0.120. The van der Waals surface area contributed by atoms with Crippen LogP contribution in [-0.2, 0) is 35.4 Å². The lowest BCUT2D eigenvalue weighted by Crippen LogP contribution is -2.17. The fourth-order valence-corrected chi connectivity index (χ4v) is 4.81. The molecule has 0 amide bonds. The van der Waals surface area contributed by atoms with Crippen LogP contribution in [0.25, 0.3) is 22.0 Å². The Morgan fingerprint density at radius 1 is 1.06 bits per heavy atom. The van der Waals surface area contributed by atoms with Gasteiger partial charge in [0.1, 0.15) is 5.82 Å². The van der Waals surface area contributed by atoms with Gasteiger partial charge in [0.25, 0.3) is 5.56 Å². The van der Waals surface area contributed by atoms with Crippen molar-refractivity contribution >= 4 is 20.7 Å². The number of aromatic nitrogens is 3. The molecule has 36 heavy (non-hydrogen) atoms. The molecule has 2 aromatic heterocycles. The van der Waals surface area contributed by atoms with Crippen LogP contribution in [0.1, 0.15) is 16.8 Å². The summed E-state index contributed by atoms with van der Waals surface area (Å²) in [5.41, 5.74) is -0.403. The number of halogens is 4. The van der Waals surface area contributed by atoms with Gasteiger partial charge in [-0.3, -0.25) is 9.48 Å². The lowest BCUT2D eigenvalue weighted by Gasteiger charge is -2.12. The average Bonchev–Trinajstić information content (AvgIpc) is 3.15. The number of sulfone groups is 1. The van der Waals surface area contributed by atoms with E-state index in [0.717, 1.165) is 10.9 Å². The summed E-state index contributed by atoms with van der Waals surface area (Å²) in [7, 11) is -0.935. The highest BCUT2D eigenvalue weighted by Crippen LogP contribution is 2.39. The third-order valence-electron chi connectivity index (χ3n) is 5.57. The summed E-state index contributed by atoms with van der Waals surface area (Å²) in [6.07, 6.45) is -2.46. The number of pyridine rings is 1. The van der Waals surface area contributed by atoms with Gasteiger partial charge >= 0.3 is 6.18 Å². The smallest absolute Gasteiger partial charge is 0.435 e. The van der Waals surface area contributed by atoms with E-state index in [0.29, 0.717) is 16.7 Å². The van der Waals surface area contributed by atoms with E-state index in [4.69, 9.17) is 4.74 Å². The SMILES string of the molecule is COc1cc(-c2cc(CS(C)(=O)=O)c3c(C(F)(F)F)nn(Cc4ccc(F)cc4)c3c2)cn(C)c1=O. The Labute approximate surface area is 203 Å². The van der Waals surface area contributed by atoms with Gasteiger partial charge in [-0.05, 0) is 47.0 Å². The van der Waals surface area contributed by atoms with Crippen LogP contribution < -0.4 is 10.3 Å². The van der Waals surface area contributed by atoms with Crippen LogP contribution >= 0.6 is 0 Å².